The van der Waals surface area contributed by atoms with Gasteiger partial charge in [0.15, 0.2) is 0 Å². The van der Waals surface area contributed by atoms with Crippen LogP contribution in [0.25, 0.3) is 0 Å². The lowest BCUT2D eigenvalue weighted by Gasteiger charge is -2.08. The van der Waals surface area contributed by atoms with Gasteiger partial charge >= 0.3 is 0 Å². The SMILES string of the molecule is O=C(CCNc1ccccc1Br)NC1CC1. The quantitative estimate of drug-likeness (QED) is 0.872. The van der Waals surface area contributed by atoms with Crippen LogP contribution in [-0.2, 0) is 4.79 Å². The van der Waals surface area contributed by atoms with Gasteiger partial charge in [-0.1, -0.05) is 12.1 Å². The minimum atomic E-state index is 0.141. The molecule has 0 bridgehead atoms. The Hall–Kier alpha value is -1.03. The predicted octanol–water partition coefficient (Wildman–Crippen LogP) is 2.53. The normalized spacial score (nSPS) is 14.6. The summed E-state index contributed by atoms with van der Waals surface area (Å²) in [4.78, 5) is 11.4. The molecule has 0 atom stereocenters. The number of amides is 1. The number of benzene rings is 1. The smallest absolute Gasteiger partial charge is 0.221 e. The monoisotopic (exact) mass is 282 g/mol. The van der Waals surface area contributed by atoms with Gasteiger partial charge in [-0.25, -0.2) is 0 Å². The molecule has 0 heterocycles. The molecule has 0 unspecified atom stereocenters. The molecular weight excluding hydrogens is 268 g/mol. The van der Waals surface area contributed by atoms with Crippen molar-refractivity contribution >= 4 is 27.5 Å². The van der Waals surface area contributed by atoms with Gasteiger partial charge in [-0.2, -0.15) is 0 Å². The van der Waals surface area contributed by atoms with E-state index in [-0.39, 0.29) is 5.91 Å². The van der Waals surface area contributed by atoms with E-state index < -0.39 is 0 Å². The third kappa shape index (κ3) is 3.52. The minimum absolute atomic E-state index is 0.141. The van der Waals surface area contributed by atoms with E-state index in [1.54, 1.807) is 0 Å². The van der Waals surface area contributed by atoms with Gasteiger partial charge in [0.25, 0.3) is 0 Å². The van der Waals surface area contributed by atoms with Gasteiger partial charge in [0, 0.05) is 29.2 Å². The summed E-state index contributed by atoms with van der Waals surface area (Å²) < 4.78 is 1.03. The van der Waals surface area contributed by atoms with E-state index in [0.717, 1.165) is 23.0 Å². The highest BCUT2D eigenvalue weighted by Gasteiger charge is 2.22. The van der Waals surface area contributed by atoms with Gasteiger partial charge in [-0.15, -0.1) is 0 Å². The number of hydrogen-bond donors (Lipinski definition) is 2. The second-order valence-electron chi connectivity index (χ2n) is 4.00. The van der Waals surface area contributed by atoms with E-state index in [9.17, 15) is 4.79 Å². The number of rotatable bonds is 5. The molecule has 0 aliphatic heterocycles. The number of carbonyl (C=O) groups is 1. The van der Waals surface area contributed by atoms with Crippen LogP contribution in [0.15, 0.2) is 28.7 Å². The Bertz CT molecular complexity index is 377. The molecule has 1 saturated carbocycles. The second kappa shape index (κ2) is 5.34. The molecular formula is C12H15BrN2O. The summed E-state index contributed by atoms with van der Waals surface area (Å²) in [7, 11) is 0. The summed E-state index contributed by atoms with van der Waals surface area (Å²) >= 11 is 3.45. The van der Waals surface area contributed by atoms with Crippen molar-refractivity contribution in [2.24, 2.45) is 0 Å². The summed E-state index contributed by atoms with van der Waals surface area (Å²) in [6.45, 7) is 0.668. The molecule has 16 heavy (non-hydrogen) atoms. The van der Waals surface area contributed by atoms with Crippen LogP contribution in [-0.4, -0.2) is 18.5 Å². The molecule has 1 amide bonds. The van der Waals surface area contributed by atoms with Crippen LogP contribution in [0.2, 0.25) is 0 Å². The number of hydrogen-bond acceptors (Lipinski definition) is 2. The molecule has 1 aliphatic rings. The third-order valence-electron chi connectivity index (χ3n) is 2.48. The largest absolute Gasteiger partial charge is 0.384 e. The molecule has 0 radical (unpaired) electrons. The molecule has 0 aromatic heterocycles. The summed E-state index contributed by atoms with van der Waals surface area (Å²) in [5.74, 6) is 0.141. The van der Waals surface area contributed by atoms with Crippen LogP contribution in [0.1, 0.15) is 19.3 Å². The molecule has 2 N–H and O–H groups in total. The Labute approximate surface area is 104 Å². The average Bonchev–Trinajstić information content (AvgIpc) is 3.05. The molecule has 1 aromatic rings. The van der Waals surface area contributed by atoms with Crippen molar-refractivity contribution in [2.75, 3.05) is 11.9 Å². The molecule has 1 fully saturated rings. The van der Waals surface area contributed by atoms with Crippen LogP contribution in [0.3, 0.4) is 0 Å². The van der Waals surface area contributed by atoms with Crippen molar-refractivity contribution in [1.29, 1.82) is 0 Å². The van der Waals surface area contributed by atoms with E-state index in [1.807, 2.05) is 24.3 Å². The van der Waals surface area contributed by atoms with Crippen LogP contribution >= 0.6 is 15.9 Å². The zero-order chi connectivity index (χ0) is 11.4. The molecule has 3 nitrogen and oxygen atoms in total. The van der Waals surface area contributed by atoms with E-state index in [2.05, 4.69) is 26.6 Å². The third-order valence-corrected chi connectivity index (χ3v) is 3.18. The van der Waals surface area contributed by atoms with Crippen molar-refractivity contribution in [3.05, 3.63) is 28.7 Å². The van der Waals surface area contributed by atoms with Crippen molar-refractivity contribution in [1.82, 2.24) is 5.32 Å². The maximum absolute atomic E-state index is 11.4. The molecule has 0 saturated heterocycles. The molecule has 0 spiro atoms. The Kier molecular flexibility index (Phi) is 3.83. The first-order chi connectivity index (χ1) is 7.75. The standard InChI is InChI=1S/C12H15BrN2O/c13-10-3-1-2-4-11(10)14-8-7-12(16)15-9-5-6-9/h1-4,9,14H,5-8H2,(H,15,16). The van der Waals surface area contributed by atoms with Gasteiger partial charge in [0.1, 0.15) is 0 Å². The summed E-state index contributed by atoms with van der Waals surface area (Å²) in [6, 6.07) is 8.36. The van der Waals surface area contributed by atoms with E-state index >= 15 is 0 Å². The van der Waals surface area contributed by atoms with Crippen molar-refractivity contribution in [3.8, 4) is 0 Å². The lowest BCUT2D eigenvalue weighted by Crippen LogP contribution is -2.27. The average molecular weight is 283 g/mol. The van der Waals surface area contributed by atoms with Gasteiger partial charge < -0.3 is 10.6 Å². The maximum atomic E-state index is 11.4. The van der Waals surface area contributed by atoms with E-state index in [0.29, 0.717) is 19.0 Å². The molecule has 86 valence electrons. The summed E-state index contributed by atoms with van der Waals surface area (Å²) in [5, 5.41) is 6.19. The zero-order valence-electron chi connectivity index (χ0n) is 9.00. The first-order valence-corrected chi connectivity index (χ1v) is 6.33. The van der Waals surface area contributed by atoms with Gasteiger partial charge in [-0.05, 0) is 40.9 Å². The maximum Gasteiger partial charge on any atom is 0.221 e. The van der Waals surface area contributed by atoms with Gasteiger partial charge in [-0.3, -0.25) is 4.79 Å². The molecule has 4 heteroatoms. The Morgan fingerprint density at radius 1 is 1.38 bits per heavy atom. The van der Waals surface area contributed by atoms with E-state index in [4.69, 9.17) is 0 Å². The number of para-hydroxylation sites is 1. The van der Waals surface area contributed by atoms with Crippen LogP contribution in [0.5, 0.6) is 0 Å². The van der Waals surface area contributed by atoms with E-state index in [1.165, 1.54) is 0 Å². The molecule has 1 aliphatic carbocycles. The summed E-state index contributed by atoms with van der Waals surface area (Å²) in [5.41, 5.74) is 1.03. The lowest BCUT2D eigenvalue weighted by molar-refractivity contribution is -0.120. The number of halogens is 1. The highest BCUT2D eigenvalue weighted by Crippen LogP contribution is 2.21. The van der Waals surface area contributed by atoms with Crippen LogP contribution < -0.4 is 10.6 Å². The first kappa shape index (κ1) is 11.5. The Morgan fingerprint density at radius 3 is 2.81 bits per heavy atom. The zero-order valence-corrected chi connectivity index (χ0v) is 10.6. The number of anilines is 1. The topological polar surface area (TPSA) is 41.1 Å². The first-order valence-electron chi connectivity index (χ1n) is 5.53. The fourth-order valence-electron chi connectivity index (χ4n) is 1.44. The van der Waals surface area contributed by atoms with Gasteiger partial charge in [0.2, 0.25) is 5.91 Å². The van der Waals surface area contributed by atoms with Gasteiger partial charge in [0.05, 0.1) is 0 Å². The fourth-order valence-corrected chi connectivity index (χ4v) is 1.87. The molecule has 2 rings (SSSR count). The van der Waals surface area contributed by atoms with Crippen LogP contribution in [0.4, 0.5) is 5.69 Å². The number of nitrogens with one attached hydrogen (secondary N) is 2. The summed E-state index contributed by atoms with van der Waals surface area (Å²) in [6.07, 6.45) is 2.81. The second-order valence-corrected chi connectivity index (χ2v) is 4.85. The predicted molar refractivity (Wildman–Crippen MR) is 68.4 cm³/mol. The van der Waals surface area contributed by atoms with Crippen molar-refractivity contribution < 1.29 is 4.79 Å². The Balaban J connectivity index is 1.70. The highest BCUT2D eigenvalue weighted by molar-refractivity contribution is 9.10. The number of carbonyl (C=O) groups excluding carboxylic acids is 1. The van der Waals surface area contributed by atoms with Crippen LogP contribution in [0, 0.1) is 0 Å². The minimum Gasteiger partial charge on any atom is -0.384 e. The highest BCUT2D eigenvalue weighted by atomic mass is 79.9. The van der Waals surface area contributed by atoms with Crippen molar-refractivity contribution in [3.63, 3.8) is 0 Å². The fraction of sp³-hybridized carbons (Fsp3) is 0.417. The van der Waals surface area contributed by atoms with Crippen molar-refractivity contribution in [2.45, 2.75) is 25.3 Å². The lowest BCUT2D eigenvalue weighted by atomic mass is 10.3. The molecule has 1 aromatic carbocycles. The Morgan fingerprint density at radius 2 is 2.12 bits per heavy atom.